The van der Waals surface area contributed by atoms with Gasteiger partial charge in [0.05, 0.1) is 13.5 Å². The van der Waals surface area contributed by atoms with Crippen LogP contribution in [0.4, 0.5) is 0 Å². The van der Waals surface area contributed by atoms with Gasteiger partial charge in [-0.1, -0.05) is 42.5 Å². The number of carbonyl (C=O) groups is 2. The molecule has 0 saturated carbocycles. The maximum atomic E-state index is 12.7. The Balaban J connectivity index is 1.33. The molecule has 0 unspecified atom stereocenters. The molecule has 2 aliphatic heterocycles. The van der Waals surface area contributed by atoms with E-state index >= 15 is 0 Å². The zero-order valence-electron chi connectivity index (χ0n) is 17.0. The van der Waals surface area contributed by atoms with Crippen molar-refractivity contribution < 1.29 is 14.3 Å². The number of benzene rings is 2. The molecule has 2 saturated heterocycles. The van der Waals surface area contributed by atoms with Gasteiger partial charge in [-0.05, 0) is 36.1 Å². The maximum absolute atomic E-state index is 12.7. The van der Waals surface area contributed by atoms with E-state index in [1.807, 2.05) is 64.4 Å². The van der Waals surface area contributed by atoms with E-state index in [0.717, 1.165) is 49.4 Å². The van der Waals surface area contributed by atoms with Crippen LogP contribution >= 0.6 is 0 Å². The van der Waals surface area contributed by atoms with Gasteiger partial charge in [0.2, 0.25) is 11.8 Å². The number of hydrogen-bond acceptors (Lipinski definition) is 3. The number of hydrogen-bond donors (Lipinski definition) is 0. The Morgan fingerprint density at radius 3 is 2.48 bits per heavy atom. The van der Waals surface area contributed by atoms with Crippen molar-refractivity contribution in [3.8, 4) is 5.75 Å². The minimum absolute atomic E-state index is 0.0134. The van der Waals surface area contributed by atoms with Crippen molar-refractivity contribution in [2.24, 2.45) is 5.41 Å². The number of ether oxygens (including phenoxy) is 1. The third kappa shape index (κ3) is 4.44. The summed E-state index contributed by atoms with van der Waals surface area (Å²) in [7, 11) is 1.65. The molecule has 2 heterocycles. The van der Waals surface area contributed by atoms with Crippen molar-refractivity contribution in [2.45, 2.75) is 32.2 Å². The van der Waals surface area contributed by atoms with Gasteiger partial charge in [0, 0.05) is 38.0 Å². The van der Waals surface area contributed by atoms with Gasteiger partial charge in [0.1, 0.15) is 5.75 Å². The highest BCUT2D eigenvalue weighted by atomic mass is 16.5. The van der Waals surface area contributed by atoms with Gasteiger partial charge in [-0.3, -0.25) is 9.59 Å². The highest BCUT2D eigenvalue weighted by Crippen LogP contribution is 2.41. The number of amides is 2. The first-order valence-corrected chi connectivity index (χ1v) is 10.3. The standard InChI is InChI=1S/C24H28N2O3/c1-29-21-9-5-8-20(14-21)17-26-18-24(16-23(26)28)10-12-25(13-11-24)22(27)15-19-6-3-2-4-7-19/h2-9,14H,10-13,15-18H2,1H3. The Morgan fingerprint density at radius 2 is 1.76 bits per heavy atom. The summed E-state index contributed by atoms with van der Waals surface area (Å²) in [5.41, 5.74) is 2.16. The summed E-state index contributed by atoms with van der Waals surface area (Å²) in [5, 5.41) is 0. The summed E-state index contributed by atoms with van der Waals surface area (Å²) in [6.07, 6.45) is 2.84. The Morgan fingerprint density at radius 1 is 1.03 bits per heavy atom. The molecule has 2 fully saturated rings. The molecule has 4 rings (SSSR count). The molecule has 0 radical (unpaired) electrons. The van der Waals surface area contributed by atoms with E-state index in [4.69, 9.17) is 4.74 Å². The van der Waals surface area contributed by atoms with Gasteiger partial charge < -0.3 is 14.5 Å². The minimum atomic E-state index is 0.0134. The van der Waals surface area contributed by atoms with Crippen LogP contribution in [0.3, 0.4) is 0 Å². The molecule has 5 heteroatoms. The molecule has 0 aliphatic carbocycles. The van der Waals surface area contributed by atoms with Crippen LogP contribution in [0.2, 0.25) is 0 Å². The van der Waals surface area contributed by atoms with E-state index in [0.29, 0.717) is 19.4 Å². The summed E-state index contributed by atoms with van der Waals surface area (Å²) >= 11 is 0. The van der Waals surface area contributed by atoms with Gasteiger partial charge in [-0.25, -0.2) is 0 Å². The Hall–Kier alpha value is -2.82. The highest BCUT2D eigenvalue weighted by Gasteiger charge is 2.45. The zero-order valence-corrected chi connectivity index (χ0v) is 17.0. The molecule has 0 N–H and O–H groups in total. The van der Waals surface area contributed by atoms with Crippen molar-refractivity contribution in [1.29, 1.82) is 0 Å². The quantitative estimate of drug-likeness (QED) is 0.785. The molecule has 2 aliphatic rings. The maximum Gasteiger partial charge on any atom is 0.226 e. The Kier molecular flexibility index (Phi) is 5.56. The zero-order chi connectivity index (χ0) is 20.3. The lowest BCUT2D eigenvalue weighted by Gasteiger charge is -2.39. The predicted molar refractivity (Wildman–Crippen MR) is 111 cm³/mol. The molecular formula is C24H28N2O3. The summed E-state index contributed by atoms with van der Waals surface area (Å²) < 4.78 is 5.29. The van der Waals surface area contributed by atoms with E-state index < -0.39 is 0 Å². The fourth-order valence-electron chi connectivity index (χ4n) is 4.56. The van der Waals surface area contributed by atoms with E-state index in [2.05, 4.69) is 0 Å². The first-order valence-electron chi connectivity index (χ1n) is 10.3. The van der Waals surface area contributed by atoms with Crippen molar-refractivity contribution in [1.82, 2.24) is 9.80 Å². The number of likely N-dealkylation sites (tertiary alicyclic amines) is 2. The second-order valence-electron chi connectivity index (χ2n) is 8.32. The third-order valence-electron chi connectivity index (χ3n) is 6.29. The lowest BCUT2D eigenvalue weighted by molar-refractivity contribution is -0.132. The van der Waals surface area contributed by atoms with E-state index in [9.17, 15) is 9.59 Å². The molecule has 2 aromatic rings. The first-order chi connectivity index (χ1) is 14.1. The van der Waals surface area contributed by atoms with Crippen LogP contribution in [0.15, 0.2) is 54.6 Å². The summed E-state index contributed by atoms with van der Waals surface area (Å²) in [6, 6.07) is 17.8. The van der Waals surface area contributed by atoms with Crippen molar-refractivity contribution >= 4 is 11.8 Å². The van der Waals surface area contributed by atoms with Crippen LogP contribution < -0.4 is 4.74 Å². The number of rotatable bonds is 5. The second kappa shape index (κ2) is 8.27. The molecular weight excluding hydrogens is 364 g/mol. The summed E-state index contributed by atoms with van der Waals surface area (Å²) in [4.78, 5) is 29.2. The molecule has 1 spiro atoms. The average Bonchev–Trinajstić information content (AvgIpc) is 3.03. The average molecular weight is 392 g/mol. The molecule has 2 amide bonds. The Bertz CT molecular complexity index is 873. The van der Waals surface area contributed by atoms with Crippen LogP contribution in [0.25, 0.3) is 0 Å². The van der Waals surface area contributed by atoms with Gasteiger partial charge in [-0.2, -0.15) is 0 Å². The van der Waals surface area contributed by atoms with Gasteiger partial charge in [0.25, 0.3) is 0 Å². The third-order valence-corrected chi connectivity index (χ3v) is 6.29. The summed E-state index contributed by atoms with van der Waals surface area (Å²) in [6.45, 7) is 2.89. The van der Waals surface area contributed by atoms with Crippen LogP contribution in [0, 0.1) is 5.41 Å². The largest absolute Gasteiger partial charge is 0.497 e. The lowest BCUT2D eigenvalue weighted by atomic mass is 9.77. The number of methoxy groups -OCH3 is 1. The van der Waals surface area contributed by atoms with E-state index in [1.165, 1.54) is 0 Å². The molecule has 0 aromatic heterocycles. The van der Waals surface area contributed by atoms with Gasteiger partial charge >= 0.3 is 0 Å². The summed E-state index contributed by atoms with van der Waals surface area (Å²) in [5.74, 6) is 1.22. The lowest BCUT2D eigenvalue weighted by Crippen LogP contribution is -2.44. The van der Waals surface area contributed by atoms with Crippen molar-refractivity contribution in [2.75, 3.05) is 26.7 Å². The van der Waals surface area contributed by atoms with Gasteiger partial charge in [0.15, 0.2) is 0 Å². The van der Waals surface area contributed by atoms with E-state index in [-0.39, 0.29) is 17.2 Å². The van der Waals surface area contributed by atoms with E-state index in [1.54, 1.807) is 7.11 Å². The molecule has 0 atom stereocenters. The first kappa shape index (κ1) is 19.5. The molecule has 152 valence electrons. The highest BCUT2D eigenvalue weighted by molar-refractivity contribution is 5.80. The monoisotopic (exact) mass is 392 g/mol. The topological polar surface area (TPSA) is 49.9 Å². The molecule has 29 heavy (non-hydrogen) atoms. The van der Waals surface area contributed by atoms with Crippen LogP contribution in [0.5, 0.6) is 5.75 Å². The van der Waals surface area contributed by atoms with Crippen LogP contribution in [0.1, 0.15) is 30.4 Å². The van der Waals surface area contributed by atoms with Crippen LogP contribution in [-0.4, -0.2) is 48.4 Å². The van der Waals surface area contributed by atoms with Gasteiger partial charge in [-0.15, -0.1) is 0 Å². The normalized spacial score (nSPS) is 18.3. The predicted octanol–water partition coefficient (Wildman–Crippen LogP) is 3.28. The second-order valence-corrected chi connectivity index (χ2v) is 8.32. The van der Waals surface area contributed by atoms with Crippen LogP contribution in [-0.2, 0) is 22.6 Å². The minimum Gasteiger partial charge on any atom is -0.497 e. The number of piperidine rings is 1. The fraction of sp³-hybridized carbons (Fsp3) is 0.417. The molecule has 2 aromatic carbocycles. The Labute approximate surface area is 172 Å². The molecule has 0 bridgehead atoms. The SMILES string of the molecule is COc1cccc(CN2CC3(CCN(C(=O)Cc4ccccc4)CC3)CC2=O)c1. The fourth-order valence-corrected chi connectivity index (χ4v) is 4.56. The van der Waals surface area contributed by atoms with Crippen molar-refractivity contribution in [3.05, 3.63) is 65.7 Å². The van der Waals surface area contributed by atoms with Crippen molar-refractivity contribution in [3.63, 3.8) is 0 Å². The molecule has 5 nitrogen and oxygen atoms in total. The number of carbonyl (C=O) groups excluding carboxylic acids is 2. The smallest absolute Gasteiger partial charge is 0.226 e. The number of nitrogens with zero attached hydrogens (tertiary/aromatic N) is 2.